The lowest BCUT2D eigenvalue weighted by molar-refractivity contribution is -0.147. The summed E-state index contributed by atoms with van der Waals surface area (Å²) in [4.78, 5) is 19.7. The van der Waals surface area contributed by atoms with Crippen LogP contribution in [0.25, 0.3) is 0 Å². The lowest BCUT2D eigenvalue weighted by Crippen LogP contribution is -2.39. The van der Waals surface area contributed by atoms with E-state index in [9.17, 15) is 4.79 Å². The van der Waals surface area contributed by atoms with Crippen molar-refractivity contribution in [1.82, 2.24) is 15.6 Å². The largest absolute Gasteiger partial charge is 0.463 e. The van der Waals surface area contributed by atoms with Crippen LogP contribution in [0.2, 0.25) is 0 Å². The van der Waals surface area contributed by atoms with Crippen molar-refractivity contribution in [2.24, 2.45) is 4.99 Å². The summed E-state index contributed by atoms with van der Waals surface area (Å²) in [6.45, 7) is 4.90. The number of hydrogen-bond donors (Lipinski definition) is 2. The number of guanidine groups is 1. The molecule has 0 radical (unpaired) electrons. The van der Waals surface area contributed by atoms with Gasteiger partial charge in [0.05, 0.1) is 12.5 Å². The monoisotopic (exact) mass is 292 g/mol. The Bertz CT molecular complexity index is 446. The zero-order chi connectivity index (χ0) is 15.5. The van der Waals surface area contributed by atoms with Gasteiger partial charge in [-0.2, -0.15) is 0 Å². The van der Waals surface area contributed by atoms with Crippen LogP contribution in [0, 0.1) is 0 Å². The van der Waals surface area contributed by atoms with Crippen LogP contribution in [0.5, 0.6) is 0 Å². The van der Waals surface area contributed by atoms with Crippen LogP contribution >= 0.6 is 0 Å². The number of ether oxygens (including phenoxy) is 1. The highest BCUT2D eigenvalue weighted by molar-refractivity contribution is 5.80. The summed E-state index contributed by atoms with van der Waals surface area (Å²) in [6, 6.07) is 5.85. The van der Waals surface area contributed by atoms with E-state index in [2.05, 4.69) is 20.6 Å². The van der Waals surface area contributed by atoms with E-state index >= 15 is 0 Å². The molecule has 21 heavy (non-hydrogen) atoms. The Morgan fingerprint density at radius 1 is 1.33 bits per heavy atom. The molecule has 1 aromatic heterocycles. The van der Waals surface area contributed by atoms with E-state index < -0.39 is 0 Å². The fourth-order valence-electron chi connectivity index (χ4n) is 1.68. The van der Waals surface area contributed by atoms with E-state index in [-0.39, 0.29) is 12.1 Å². The van der Waals surface area contributed by atoms with Crippen LogP contribution in [0.1, 0.15) is 26.0 Å². The summed E-state index contributed by atoms with van der Waals surface area (Å²) in [5.74, 6) is 0.463. The molecule has 0 saturated heterocycles. The highest BCUT2D eigenvalue weighted by Gasteiger charge is 2.05. The van der Waals surface area contributed by atoms with Gasteiger partial charge in [-0.25, -0.2) is 0 Å². The van der Waals surface area contributed by atoms with Crippen molar-refractivity contribution >= 4 is 11.9 Å². The molecule has 0 aliphatic carbocycles. The van der Waals surface area contributed by atoms with Crippen molar-refractivity contribution in [2.45, 2.75) is 32.8 Å². The lowest BCUT2D eigenvalue weighted by Gasteiger charge is -2.12. The average molecular weight is 292 g/mol. The number of hydrogen-bond acceptors (Lipinski definition) is 4. The van der Waals surface area contributed by atoms with Crippen LogP contribution in [-0.4, -0.2) is 43.2 Å². The van der Waals surface area contributed by atoms with Gasteiger partial charge < -0.3 is 15.4 Å². The number of rotatable bonds is 7. The van der Waals surface area contributed by atoms with Crippen LogP contribution in [-0.2, 0) is 16.0 Å². The number of carbonyl (C=O) groups excluding carboxylic acids is 1. The standard InChI is InChI=1S/C15H24N4O2/c1-12(2)21-14(20)8-11-19-15(16-3)18-10-7-13-6-4-5-9-17-13/h4-6,9,12H,7-8,10-11H2,1-3H3,(H2,16,18,19). The molecule has 0 aromatic carbocycles. The van der Waals surface area contributed by atoms with Gasteiger partial charge in [0.25, 0.3) is 0 Å². The molecule has 0 saturated carbocycles. The Morgan fingerprint density at radius 3 is 2.71 bits per heavy atom. The third-order valence-electron chi connectivity index (χ3n) is 2.61. The maximum absolute atomic E-state index is 11.4. The third kappa shape index (κ3) is 7.91. The number of nitrogens with zero attached hydrogens (tertiary/aromatic N) is 2. The van der Waals surface area contributed by atoms with Crippen molar-refractivity contribution in [3.8, 4) is 0 Å². The van der Waals surface area contributed by atoms with E-state index in [1.165, 1.54) is 0 Å². The normalized spacial score (nSPS) is 11.3. The molecule has 1 rings (SSSR count). The summed E-state index contributed by atoms with van der Waals surface area (Å²) < 4.78 is 5.06. The van der Waals surface area contributed by atoms with Gasteiger partial charge in [0, 0.05) is 38.4 Å². The number of carbonyl (C=O) groups is 1. The molecular formula is C15H24N4O2. The summed E-state index contributed by atoms with van der Waals surface area (Å²) in [7, 11) is 1.70. The van der Waals surface area contributed by atoms with Gasteiger partial charge in [0.2, 0.25) is 0 Å². The van der Waals surface area contributed by atoms with E-state index in [1.54, 1.807) is 13.2 Å². The molecule has 1 heterocycles. The highest BCUT2D eigenvalue weighted by Crippen LogP contribution is 1.93. The fourth-order valence-corrected chi connectivity index (χ4v) is 1.68. The molecule has 6 nitrogen and oxygen atoms in total. The van der Waals surface area contributed by atoms with Gasteiger partial charge in [-0.15, -0.1) is 0 Å². The molecule has 0 atom stereocenters. The lowest BCUT2D eigenvalue weighted by atomic mass is 10.3. The number of esters is 1. The van der Waals surface area contributed by atoms with Crippen molar-refractivity contribution in [2.75, 3.05) is 20.1 Å². The topological polar surface area (TPSA) is 75.6 Å². The molecule has 2 N–H and O–H groups in total. The van der Waals surface area contributed by atoms with Crippen molar-refractivity contribution < 1.29 is 9.53 Å². The maximum atomic E-state index is 11.4. The van der Waals surface area contributed by atoms with Crippen LogP contribution < -0.4 is 10.6 Å². The van der Waals surface area contributed by atoms with E-state index in [1.807, 2.05) is 32.0 Å². The molecule has 1 aromatic rings. The van der Waals surface area contributed by atoms with Gasteiger partial charge >= 0.3 is 5.97 Å². The second-order valence-electron chi connectivity index (χ2n) is 4.79. The summed E-state index contributed by atoms with van der Waals surface area (Å²) >= 11 is 0. The van der Waals surface area contributed by atoms with Crippen molar-refractivity contribution in [3.05, 3.63) is 30.1 Å². The minimum Gasteiger partial charge on any atom is -0.463 e. The number of aliphatic imine (C=N–C) groups is 1. The second kappa shape index (κ2) is 9.74. The van der Waals surface area contributed by atoms with Gasteiger partial charge in [-0.3, -0.25) is 14.8 Å². The zero-order valence-corrected chi connectivity index (χ0v) is 12.9. The van der Waals surface area contributed by atoms with E-state index in [4.69, 9.17) is 4.74 Å². The Balaban J connectivity index is 2.19. The Hall–Kier alpha value is -2.11. The Kier molecular flexibility index (Phi) is 7.86. The van der Waals surface area contributed by atoms with E-state index in [0.717, 1.165) is 18.7 Å². The first-order valence-electron chi connectivity index (χ1n) is 7.15. The molecule has 0 aliphatic rings. The molecular weight excluding hydrogens is 268 g/mol. The summed E-state index contributed by atoms with van der Waals surface area (Å²) in [5, 5.41) is 6.26. The van der Waals surface area contributed by atoms with Gasteiger partial charge in [0.1, 0.15) is 0 Å². The van der Waals surface area contributed by atoms with Crippen LogP contribution in [0.15, 0.2) is 29.4 Å². The van der Waals surface area contributed by atoms with Gasteiger partial charge in [-0.05, 0) is 26.0 Å². The number of nitrogens with one attached hydrogen (secondary N) is 2. The smallest absolute Gasteiger partial charge is 0.307 e. The summed E-state index contributed by atoms with van der Waals surface area (Å²) in [6.07, 6.45) is 2.84. The molecule has 6 heteroatoms. The quantitative estimate of drug-likeness (QED) is 0.448. The molecule has 0 fully saturated rings. The SMILES string of the molecule is CN=C(NCCC(=O)OC(C)C)NCCc1ccccn1. The van der Waals surface area contributed by atoms with Gasteiger partial charge in [-0.1, -0.05) is 6.07 Å². The Morgan fingerprint density at radius 2 is 2.10 bits per heavy atom. The number of pyridine rings is 1. The maximum Gasteiger partial charge on any atom is 0.307 e. The molecule has 0 unspecified atom stereocenters. The second-order valence-corrected chi connectivity index (χ2v) is 4.79. The summed E-state index contributed by atoms with van der Waals surface area (Å²) in [5.41, 5.74) is 1.03. The van der Waals surface area contributed by atoms with E-state index in [0.29, 0.717) is 18.9 Å². The first kappa shape index (κ1) is 16.9. The third-order valence-corrected chi connectivity index (χ3v) is 2.61. The first-order chi connectivity index (χ1) is 10.1. The predicted octanol–water partition coefficient (Wildman–Crippen LogP) is 1.13. The zero-order valence-electron chi connectivity index (χ0n) is 12.9. The van der Waals surface area contributed by atoms with Crippen molar-refractivity contribution in [1.29, 1.82) is 0 Å². The first-order valence-corrected chi connectivity index (χ1v) is 7.15. The Labute approximate surface area is 126 Å². The van der Waals surface area contributed by atoms with Crippen molar-refractivity contribution in [3.63, 3.8) is 0 Å². The predicted molar refractivity (Wildman–Crippen MR) is 83.2 cm³/mol. The molecule has 116 valence electrons. The van der Waals surface area contributed by atoms with Crippen LogP contribution in [0.4, 0.5) is 0 Å². The highest BCUT2D eigenvalue weighted by atomic mass is 16.5. The average Bonchev–Trinajstić information content (AvgIpc) is 2.46. The molecule has 0 aliphatic heterocycles. The molecule has 0 bridgehead atoms. The molecule has 0 amide bonds. The minimum absolute atomic E-state index is 0.0756. The van der Waals surface area contributed by atoms with Crippen LogP contribution in [0.3, 0.4) is 0 Å². The fraction of sp³-hybridized carbons (Fsp3) is 0.533. The van der Waals surface area contributed by atoms with Gasteiger partial charge in [0.15, 0.2) is 5.96 Å². The molecule has 0 spiro atoms. The number of aromatic nitrogens is 1. The minimum atomic E-state index is -0.207.